The molecule has 0 spiro atoms. The Morgan fingerprint density at radius 1 is 1.46 bits per heavy atom. The van der Waals surface area contributed by atoms with Crippen LogP contribution in [0.25, 0.3) is 0 Å². The largest absolute Gasteiger partial charge is 0.303 e. The summed E-state index contributed by atoms with van der Waals surface area (Å²) < 4.78 is 0. The highest BCUT2D eigenvalue weighted by molar-refractivity contribution is 5.86. The maximum atomic E-state index is 10.7. The number of hydrazine groups is 1. The first kappa shape index (κ1) is 12.1. The Balaban J connectivity index is 3.33. The molecule has 0 saturated carbocycles. The maximum absolute atomic E-state index is 10.7. The monoisotopic (exact) mass is 185 g/mol. The summed E-state index contributed by atoms with van der Waals surface area (Å²) in [7, 11) is 0. The molecule has 0 aliphatic rings. The SMILES string of the molecule is C=CC(=O)NNCCN(CC)CC. The number of nitrogens with one attached hydrogen (secondary N) is 2. The summed E-state index contributed by atoms with van der Waals surface area (Å²) in [6.07, 6.45) is 1.24. The van der Waals surface area contributed by atoms with Crippen LogP contribution in [0.4, 0.5) is 0 Å². The van der Waals surface area contributed by atoms with E-state index in [2.05, 4.69) is 36.2 Å². The number of amides is 1. The molecule has 0 aromatic carbocycles. The summed E-state index contributed by atoms with van der Waals surface area (Å²) in [6, 6.07) is 0. The van der Waals surface area contributed by atoms with Crippen LogP contribution in [0.5, 0.6) is 0 Å². The molecule has 0 aromatic heterocycles. The van der Waals surface area contributed by atoms with Crippen molar-refractivity contribution < 1.29 is 4.79 Å². The van der Waals surface area contributed by atoms with Crippen molar-refractivity contribution in [2.45, 2.75) is 13.8 Å². The van der Waals surface area contributed by atoms with E-state index in [1.807, 2.05) is 0 Å². The zero-order chi connectivity index (χ0) is 10.1. The molecule has 4 nitrogen and oxygen atoms in total. The van der Waals surface area contributed by atoms with Crippen LogP contribution in [0.3, 0.4) is 0 Å². The fourth-order valence-corrected chi connectivity index (χ4v) is 0.954. The molecule has 2 N–H and O–H groups in total. The van der Waals surface area contributed by atoms with Gasteiger partial charge < -0.3 is 4.90 Å². The molecule has 0 rings (SSSR count). The molecule has 4 heteroatoms. The average molecular weight is 185 g/mol. The molecule has 1 amide bonds. The van der Waals surface area contributed by atoms with Crippen LogP contribution in [-0.4, -0.2) is 37.0 Å². The summed E-state index contributed by atoms with van der Waals surface area (Å²) in [5.41, 5.74) is 5.32. The van der Waals surface area contributed by atoms with Gasteiger partial charge in [0, 0.05) is 13.1 Å². The van der Waals surface area contributed by atoms with Crippen LogP contribution in [0.15, 0.2) is 12.7 Å². The number of nitrogens with zero attached hydrogens (tertiary/aromatic N) is 1. The molecule has 0 radical (unpaired) electrons. The summed E-state index contributed by atoms with van der Waals surface area (Å²) >= 11 is 0. The Kier molecular flexibility index (Phi) is 7.24. The predicted octanol–water partition coefficient (Wildman–Crippen LogP) is 0.135. The first-order valence-corrected chi connectivity index (χ1v) is 4.62. The van der Waals surface area contributed by atoms with E-state index in [1.165, 1.54) is 6.08 Å². The van der Waals surface area contributed by atoms with E-state index >= 15 is 0 Å². The summed E-state index contributed by atoms with van der Waals surface area (Å²) in [5, 5.41) is 0. The Morgan fingerprint density at radius 3 is 2.54 bits per heavy atom. The van der Waals surface area contributed by atoms with E-state index in [9.17, 15) is 4.79 Å². The average Bonchev–Trinajstić information content (AvgIpc) is 2.18. The highest BCUT2D eigenvalue weighted by atomic mass is 16.2. The number of carbonyl (C=O) groups is 1. The number of likely N-dealkylation sites (N-methyl/N-ethyl adjacent to an activating group) is 1. The minimum atomic E-state index is -0.195. The number of hydrogen-bond donors (Lipinski definition) is 2. The van der Waals surface area contributed by atoms with Crippen molar-refractivity contribution in [1.29, 1.82) is 0 Å². The Bertz CT molecular complexity index is 155. The fourth-order valence-electron chi connectivity index (χ4n) is 0.954. The van der Waals surface area contributed by atoms with Crippen molar-refractivity contribution in [2.75, 3.05) is 26.2 Å². The fraction of sp³-hybridized carbons (Fsp3) is 0.667. The third-order valence-corrected chi connectivity index (χ3v) is 1.84. The zero-order valence-corrected chi connectivity index (χ0v) is 8.47. The second-order valence-corrected chi connectivity index (χ2v) is 2.65. The van der Waals surface area contributed by atoms with Gasteiger partial charge in [-0.1, -0.05) is 20.4 Å². The van der Waals surface area contributed by atoms with Gasteiger partial charge in [0.25, 0.3) is 5.91 Å². The Labute approximate surface area is 80.0 Å². The van der Waals surface area contributed by atoms with E-state index in [1.54, 1.807) is 0 Å². The first-order chi connectivity index (χ1) is 6.24. The van der Waals surface area contributed by atoms with Crippen molar-refractivity contribution in [2.24, 2.45) is 0 Å². The topological polar surface area (TPSA) is 44.4 Å². The van der Waals surface area contributed by atoms with Crippen molar-refractivity contribution >= 4 is 5.91 Å². The molecule has 0 bridgehead atoms. The van der Waals surface area contributed by atoms with Gasteiger partial charge in [0.2, 0.25) is 0 Å². The van der Waals surface area contributed by atoms with Gasteiger partial charge in [-0.05, 0) is 19.2 Å². The van der Waals surface area contributed by atoms with Gasteiger partial charge >= 0.3 is 0 Å². The molecular weight excluding hydrogens is 166 g/mol. The van der Waals surface area contributed by atoms with E-state index in [0.29, 0.717) is 0 Å². The minimum absolute atomic E-state index is 0.195. The molecule has 0 atom stereocenters. The molecule has 0 fully saturated rings. The minimum Gasteiger partial charge on any atom is -0.303 e. The second kappa shape index (κ2) is 7.76. The number of hydrogen-bond acceptors (Lipinski definition) is 3. The van der Waals surface area contributed by atoms with E-state index in [4.69, 9.17) is 0 Å². The van der Waals surface area contributed by atoms with Crippen LogP contribution in [-0.2, 0) is 4.79 Å². The number of carbonyl (C=O) groups excluding carboxylic acids is 1. The lowest BCUT2D eigenvalue weighted by Gasteiger charge is -2.17. The molecule has 0 saturated heterocycles. The van der Waals surface area contributed by atoms with Crippen LogP contribution < -0.4 is 10.9 Å². The van der Waals surface area contributed by atoms with Crippen LogP contribution in [0, 0.1) is 0 Å². The quantitative estimate of drug-likeness (QED) is 0.337. The summed E-state index contributed by atoms with van der Waals surface area (Å²) in [6.45, 7) is 11.3. The maximum Gasteiger partial charge on any atom is 0.257 e. The van der Waals surface area contributed by atoms with Gasteiger partial charge in [-0.2, -0.15) is 0 Å². The lowest BCUT2D eigenvalue weighted by atomic mass is 10.5. The van der Waals surface area contributed by atoms with E-state index < -0.39 is 0 Å². The van der Waals surface area contributed by atoms with Gasteiger partial charge in [-0.3, -0.25) is 10.2 Å². The summed E-state index contributed by atoms with van der Waals surface area (Å²) in [5.74, 6) is -0.195. The standard InChI is InChI=1S/C9H19N3O/c1-4-9(13)11-10-7-8-12(5-2)6-3/h4,10H,1,5-8H2,2-3H3,(H,11,13). The Hall–Kier alpha value is -0.870. The Morgan fingerprint density at radius 2 is 2.08 bits per heavy atom. The van der Waals surface area contributed by atoms with Crippen LogP contribution in [0.2, 0.25) is 0 Å². The molecular formula is C9H19N3O. The molecule has 0 heterocycles. The lowest BCUT2D eigenvalue weighted by molar-refractivity contribution is -0.117. The van der Waals surface area contributed by atoms with Crippen LogP contribution in [0.1, 0.15) is 13.8 Å². The highest BCUT2D eigenvalue weighted by Crippen LogP contribution is 1.83. The number of rotatable bonds is 7. The van der Waals surface area contributed by atoms with Gasteiger partial charge in [-0.15, -0.1) is 0 Å². The predicted molar refractivity (Wildman–Crippen MR) is 54.1 cm³/mol. The van der Waals surface area contributed by atoms with Crippen molar-refractivity contribution in [3.05, 3.63) is 12.7 Å². The van der Waals surface area contributed by atoms with Crippen LogP contribution >= 0.6 is 0 Å². The molecule has 76 valence electrons. The first-order valence-electron chi connectivity index (χ1n) is 4.62. The smallest absolute Gasteiger partial charge is 0.257 e. The van der Waals surface area contributed by atoms with Crippen molar-refractivity contribution in [3.63, 3.8) is 0 Å². The third kappa shape index (κ3) is 6.31. The van der Waals surface area contributed by atoms with Gasteiger partial charge in [0.1, 0.15) is 0 Å². The molecule has 13 heavy (non-hydrogen) atoms. The van der Waals surface area contributed by atoms with Gasteiger partial charge in [-0.25, -0.2) is 5.43 Å². The molecule has 0 unspecified atom stereocenters. The zero-order valence-electron chi connectivity index (χ0n) is 8.47. The highest BCUT2D eigenvalue weighted by Gasteiger charge is 1.97. The van der Waals surface area contributed by atoms with Gasteiger partial charge in [0.15, 0.2) is 0 Å². The summed E-state index contributed by atoms with van der Waals surface area (Å²) in [4.78, 5) is 13.0. The van der Waals surface area contributed by atoms with Crippen molar-refractivity contribution in [3.8, 4) is 0 Å². The van der Waals surface area contributed by atoms with Gasteiger partial charge in [0.05, 0.1) is 0 Å². The molecule has 0 aliphatic carbocycles. The van der Waals surface area contributed by atoms with E-state index in [0.717, 1.165) is 26.2 Å². The lowest BCUT2D eigenvalue weighted by Crippen LogP contribution is -2.41. The third-order valence-electron chi connectivity index (χ3n) is 1.84. The van der Waals surface area contributed by atoms with E-state index in [-0.39, 0.29) is 5.91 Å². The normalized spacial score (nSPS) is 10.1. The van der Waals surface area contributed by atoms with Crippen molar-refractivity contribution in [1.82, 2.24) is 15.8 Å². The molecule has 0 aromatic rings. The second-order valence-electron chi connectivity index (χ2n) is 2.65. The molecule has 0 aliphatic heterocycles.